The van der Waals surface area contributed by atoms with Crippen LogP contribution in [0.4, 0.5) is 0 Å². The number of hydrogen-bond acceptors (Lipinski definition) is 2. The van der Waals surface area contributed by atoms with Gasteiger partial charge in [0.2, 0.25) is 0 Å². The summed E-state index contributed by atoms with van der Waals surface area (Å²) in [5.41, 5.74) is 15.8. The van der Waals surface area contributed by atoms with E-state index in [2.05, 4.69) is 179 Å². The summed E-state index contributed by atoms with van der Waals surface area (Å²) in [5, 5.41) is 8.75. The van der Waals surface area contributed by atoms with Crippen molar-refractivity contribution in [2.45, 2.75) is 12.8 Å². The molecule has 0 unspecified atom stereocenters. The molecule has 0 radical (unpaired) electrons. The van der Waals surface area contributed by atoms with Crippen molar-refractivity contribution in [3.05, 3.63) is 193 Å². The minimum Gasteiger partial charge on any atom is -0.456 e. The molecule has 0 saturated heterocycles. The average molecular weight is 759 g/mol. The second-order valence-corrected chi connectivity index (χ2v) is 16.7. The molecule has 1 aliphatic carbocycles. The number of thiophene rings is 1. The van der Waals surface area contributed by atoms with E-state index in [-0.39, 0.29) is 0 Å². The maximum Gasteiger partial charge on any atom is 0.135 e. The molecule has 272 valence electrons. The Morgan fingerprint density at radius 3 is 1.88 bits per heavy atom. The van der Waals surface area contributed by atoms with E-state index in [0.29, 0.717) is 0 Å². The monoisotopic (exact) mass is 758 g/mol. The Hall–Kier alpha value is -7.14. The van der Waals surface area contributed by atoms with Crippen LogP contribution in [0.3, 0.4) is 0 Å². The van der Waals surface area contributed by atoms with Crippen molar-refractivity contribution in [1.82, 2.24) is 9.13 Å². The summed E-state index contributed by atoms with van der Waals surface area (Å²) in [6.07, 6.45) is 4.45. The van der Waals surface area contributed by atoms with Gasteiger partial charge in [-0.3, -0.25) is 0 Å². The SMILES string of the molecule is C1=C(c2ccc3c(c2)c2ccccc2n3-c2ccc3sc4ccc(-c5ccc6oc7ccccc7c6c5)cc4c3c2)CCc2c1c1ccccc1n2-c1ccccc1. The molecule has 0 fully saturated rings. The maximum atomic E-state index is 6.14. The largest absolute Gasteiger partial charge is 0.456 e. The lowest BCUT2D eigenvalue weighted by Gasteiger charge is -2.18. The van der Waals surface area contributed by atoms with E-state index in [1.54, 1.807) is 0 Å². The molecule has 12 aromatic rings. The van der Waals surface area contributed by atoms with Gasteiger partial charge in [0.1, 0.15) is 11.2 Å². The van der Waals surface area contributed by atoms with E-state index in [4.69, 9.17) is 4.42 Å². The summed E-state index contributed by atoms with van der Waals surface area (Å²) in [6.45, 7) is 0. The highest BCUT2D eigenvalue weighted by Gasteiger charge is 2.23. The Kier molecular flexibility index (Phi) is 6.72. The molecule has 0 aliphatic heterocycles. The summed E-state index contributed by atoms with van der Waals surface area (Å²) in [4.78, 5) is 0. The number of fused-ring (bicyclic) bond motifs is 12. The summed E-state index contributed by atoms with van der Waals surface area (Å²) in [6, 6.07) is 64.5. The number of nitrogens with zero attached hydrogens (tertiary/aromatic N) is 2. The fourth-order valence-corrected chi connectivity index (χ4v) is 10.8. The predicted octanol–water partition coefficient (Wildman–Crippen LogP) is 15.1. The molecule has 0 atom stereocenters. The molecule has 1 aliphatic rings. The number of para-hydroxylation sites is 4. The van der Waals surface area contributed by atoms with E-state index >= 15 is 0 Å². The van der Waals surface area contributed by atoms with Gasteiger partial charge in [-0.15, -0.1) is 11.3 Å². The van der Waals surface area contributed by atoms with E-state index in [1.165, 1.54) is 97.8 Å². The van der Waals surface area contributed by atoms with Gasteiger partial charge in [0.05, 0.1) is 16.6 Å². The number of benzene rings is 8. The zero-order valence-electron chi connectivity index (χ0n) is 31.4. The molecule has 0 spiro atoms. The average Bonchev–Trinajstić information content (AvgIpc) is 4.03. The maximum absolute atomic E-state index is 6.14. The number of rotatable bonds is 4. The predicted molar refractivity (Wildman–Crippen MR) is 246 cm³/mol. The van der Waals surface area contributed by atoms with Crippen LogP contribution in [0.5, 0.6) is 0 Å². The van der Waals surface area contributed by atoms with Crippen molar-refractivity contribution in [3.8, 4) is 22.5 Å². The third-order valence-electron chi connectivity index (χ3n) is 12.4. The zero-order valence-corrected chi connectivity index (χ0v) is 32.3. The first-order chi connectivity index (χ1) is 28.7. The van der Waals surface area contributed by atoms with Crippen molar-refractivity contribution >= 4 is 97.8 Å². The second-order valence-electron chi connectivity index (χ2n) is 15.6. The Bertz CT molecular complexity index is 3680. The third kappa shape index (κ3) is 4.67. The quantitative estimate of drug-likeness (QED) is 0.175. The smallest absolute Gasteiger partial charge is 0.135 e. The van der Waals surface area contributed by atoms with E-state index in [1.807, 2.05) is 23.5 Å². The molecule has 4 aromatic heterocycles. The molecule has 0 bridgehead atoms. The molecule has 0 saturated carbocycles. The van der Waals surface area contributed by atoms with Crippen LogP contribution in [0.2, 0.25) is 0 Å². The van der Waals surface area contributed by atoms with Crippen molar-refractivity contribution < 1.29 is 4.42 Å². The first-order valence-electron chi connectivity index (χ1n) is 20.0. The Morgan fingerprint density at radius 2 is 1.02 bits per heavy atom. The minimum absolute atomic E-state index is 0.923. The molecule has 13 rings (SSSR count). The van der Waals surface area contributed by atoms with Crippen LogP contribution in [0.15, 0.2) is 180 Å². The van der Waals surface area contributed by atoms with Crippen LogP contribution in [0.1, 0.15) is 23.2 Å². The summed E-state index contributed by atoms with van der Waals surface area (Å²) in [5.74, 6) is 0. The van der Waals surface area contributed by atoms with Crippen LogP contribution in [-0.2, 0) is 6.42 Å². The van der Waals surface area contributed by atoms with Gasteiger partial charge >= 0.3 is 0 Å². The van der Waals surface area contributed by atoms with Gasteiger partial charge in [-0.2, -0.15) is 0 Å². The van der Waals surface area contributed by atoms with Crippen LogP contribution in [0.25, 0.3) is 109 Å². The fraction of sp³-hybridized carbons (Fsp3) is 0.0370. The molecule has 0 N–H and O–H groups in total. The Labute approximate surface area is 337 Å². The molecule has 4 heteroatoms. The van der Waals surface area contributed by atoms with Crippen molar-refractivity contribution in [1.29, 1.82) is 0 Å². The van der Waals surface area contributed by atoms with Crippen molar-refractivity contribution in [2.24, 2.45) is 0 Å². The highest BCUT2D eigenvalue weighted by Crippen LogP contribution is 2.43. The van der Waals surface area contributed by atoms with Gasteiger partial charge in [0.25, 0.3) is 0 Å². The third-order valence-corrected chi connectivity index (χ3v) is 13.6. The zero-order chi connectivity index (χ0) is 37.9. The molecule has 3 nitrogen and oxygen atoms in total. The molecular formula is C54H34N2OS. The van der Waals surface area contributed by atoms with Crippen LogP contribution in [0, 0.1) is 0 Å². The van der Waals surface area contributed by atoms with Crippen molar-refractivity contribution in [2.75, 3.05) is 0 Å². The number of furan rings is 1. The summed E-state index contributed by atoms with van der Waals surface area (Å²) in [7, 11) is 0. The Balaban J connectivity index is 0.934. The first kappa shape index (κ1) is 32.0. The van der Waals surface area contributed by atoms with E-state index in [9.17, 15) is 0 Å². The van der Waals surface area contributed by atoms with Gasteiger partial charge in [0, 0.05) is 69.7 Å². The van der Waals surface area contributed by atoms with Crippen LogP contribution in [-0.4, -0.2) is 9.13 Å². The molecule has 0 amide bonds. The van der Waals surface area contributed by atoms with Gasteiger partial charge in [-0.25, -0.2) is 0 Å². The molecular weight excluding hydrogens is 725 g/mol. The molecule has 8 aromatic carbocycles. The molecule has 4 heterocycles. The standard InChI is InChI=1S/C54H34N2OS/c1-2-10-37(11-3-1)55-47-15-7-4-12-39(47)42-28-33(18-23-49(42)55)34-19-24-50-43(29-34)40-13-5-8-16-48(40)56(50)38-22-27-54-46(32-38)45-31-36(21-26-53(45)58-54)35-20-25-52-44(30-35)41-14-6-9-17-51(41)57-52/h1-17,19-22,24-32H,18,23H2. The lowest BCUT2D eigenvalue weighted by molar-refractivity contribution is 0.669. The van der Waals surface area contributed by atoms with Gasteiger partial charge < -0.3 is 13.6 Å². The highest BCUT2D eigenvalue weighted by molar-refractivity contribution is 7.25. The first-order valence-corrected chi connectivity index (χ1v) is 20.9. The number of hydrogen-bond donors (Lipinski definition) is 0. The summed E-state index contributed by atoms with van der Waals surface area (Å²) < 4.78 is 13.7. The van der Waals surface area contributed by atoms with Crippen LogP contribution < -0.4 is 0 Å². The number of aromatic nitrogens is 2. The second kappa shape index (κ2) is 12.2. The van der Waals surface area contributed by atoms with Gasteiger partial charge in [-0.1, -0.05) is 91.0 Å². The normalized spacial score (nSPS) is 13.1. The van der Waals surface area contributed by atoms with Gasteiger partial charge in [-0.05, 0) is 126 Å². The number of allylic oxidation sites excluding steroid dienone is 1. The van der Waals surface area contributed by atoms with E-state index < -0.39 is 0 Å². The highest BCUT2D eigenvalue weighted by atomic mass is 32.1. The topological polar surface area (TPSA) is 23.0 Å². The molecule has 58 heavy (non-hydrogen) atoms. The minimum atomic E-state index is 0.923. The van der Waals surface area contributed by atoms with Gasteiger partial charge in [0.15, 0.2) is 0 Å². The fourth-order valence-electron chi connectivity index (χ4n) is 9.76. The lowest BCUT2D eigenvalue weighted by Crippen LogP contribution is -2.05. The summed E-state index contributed by atoms with van der Waals surface area (Å²) >= 11 is 1.87. The van der Waals surface area contributed by atoms with E-state index in [0.717, 1.165) is 34.8 Å². The Morgan fingerprint density at radius 1 is 0.397 bits per heavy atom. The lowest BCUT2D eigenvalue weighted by atomic mass is 9.90. The van der Waals surface area contributed by atoms with Crippen LogP contribution >= 0.6 is 11.3 Å². The van der Waals surface area contributed by atoms with Crippen molar-refractivity contribution in [3.63, 3.8) is 0 Å².